The fraction of sp³-hybridized carbons (Fsp3) is 0.333. The standard InChI is InChI=1S/C18H21N2/c1-19-10-12-20(13-11-19)15-16-6-5-9-18(14-16)17-7-3-2-4-8-17/h3-9,14H,10-13,15H2,1H3. The molecule has 0 N–H and O–H groups in total. The first-order valence-electron chi connectivity index (χ1n) is 7.27. The van der Waals surface area contributed by atoms with Crippen LogP contribution in [-0.2, 0) is 6.54 Å². The van der Waals surface area contributed by atoms with Crippen molar-refractivity contribution in [3.05, 3.63) is 60.2 Å². The van der Waals surface area contributed by atoms with Gasteiger partial charge in [0, 0.05) is 32.7 Å². The first-order chi connectivity index (χ1) is 9.81. The molecule has 2 aromatic rings. The first-order valence-corrected chi connectivity index (χ1v) is 7.27. The highest BCUT2D eigenvalue weighted by molar-refractivity contribution is 5.63. The number of likely N-dealkylation sites (N-methyl/N-ethyl adjacent to an activating group) is 1. The van der Waals surface area contributed by atoms with Gasteiger partial charge >= 0.3 is 0 Å². The molecule has 1 aliphatic heterocycles. The van der Waals surface area contributed by atoms with Gasteiger partial charge in [-0.3, -0.25) is 4.90 Å². The minimum Gasteiger partial charge on any atom is -0.304 e. The molecule has 0 unspecified atom stereocenters. The predicted molar refractivity (Wildman–Crippen MR) is 83.5 cm³/mol. The number of benzene rings is 2. The Kier molecular flexibility index (Phi) is 4.14. The van der Waals surface area contributed by atoms with Gasteiger partial charge in [-0.25, -0.2) is 0 Å². The molecule has 2 nitrogen and oxygen atoms in total. The van der Waals surface area contributed by atoms with Crippen molar-refractivity contribution in [2.75, 3.05) is 33.2 Å². The molecule has 1 saturated heterocycles. The average Bonchev–Trinajstić information content (AvgIpc) is 2.51. The lowest BCUT2D eigenvalue weighted by atomic mass is 10.0. The van der Waals surface area contributed by atoms with Gasteiger partial charge in [0.25, 0.3) is 0 Å². The molecule has 1 fully saturated rings. The van der Waals surface area contributed by atoms with Crippen LogP contribution in [0.3, 0.4) is 0 Å². The van der Waals surface area contributed by atoms with Gasteiger partial charge in [0.2, 0.25) is 0 Å². The Hall–Kier alpha value is -1.64. The zero-order valence-electron chi connectivity index (χ0n) is 12.0. The van der Waals surface area contributed by atoms with Crippen LogP contribution in [-0.4, -0.2) is 43.0 Å². The van der Waals surface area contributed by atoms with Gasteiger partial charge in [0.05, 0.1) is 0 Å². The van der Waals surface area contributed by atoms with Gasteiger partial charge in [0.15, 0.2) is 0 Å². The van der Waals surface area contributed by atoms with Crippen LogP contribution in [0.5, 0.6) is 0 Å². The number of hydrogen-bond donors (Lipinski definition) is 0. The first kappa shape index (κ1) is 13.3. The normalized spacial score (nSPS) is 17.2. The molecule has 3 rings (SSSR count). The van der Waals surface area contributed by atoms with Gasteiger partial charge in [-0.1, -0.05) is 42.5 Å². The molecular weight excluding hydrogens is 244 g/mol. The van der Waals surface area contributed by atoms with E-state index in [-0.39, 0.29) is 0 Å². The topological polar surface area (TPSA) is 6.48 Å². The van der Waals surface area contributed by atoms with Gasteiger partial charge in [-0.05, 0) is 35.9 Å². The summed E-state index contributed by atoms with van der Waals surface area (Å²) in [5.41, 5.74) is 3.97. The van der Waals surface area contributed by atoms with Crippen LogP contribution in [0, 0.1) is 6.07 Å². The molecule has 0 aromatic heterocycles. The molecule has 1 aliphatic rings. The monoisotopic (exact) mass is 265 g/mol. The summed E-state index contributed by atoms with van der Waals surface area (Å²) in [5, 5.41) is 0. The van der Waals surface area contributed by atoms with Crippen LogP contribution >= 0.6 is 0 Å². The lowest BCUT2D eigenvalue weighted by molar-refractivity contribution is 0.148. The summed E-state index contributed by atoms with van der Waals surface area (Å²) < 4.78 is 0. The van der Waals surface area contributed by atoms with Crippen LogP contribution in [0.4, 0.5) is 0 Å². The van der Waals surface area contributed by atoms with E-state index >= 15 is 0 Å². The largest absolute Gasteiger partial charge is 0.304 e. The van der Waals surface area contributed by atoms with Crippen molar-refractivity contribution >= 4 is 0 Å². The van der Waals surface area contributed by atoms with Crippen molar-refractivity contribution in [2.45, 2.75) is 6.54 Å². The zero-order chi connectivity index (χ0) is 13.8. The van der Waals surface area contributed by atoms with Gasteiger partial charge in [-0.15, -0.1) is 0 Å². The molecule has 1 heterocycles. The summed E-state index contributed by atoms with van der Waals surface area (Å²) in [4.78, 5) is 4.94. The maximum absolute atomic E-state index is 3.07. The Balaban J connectivity index is 1.72. The van der Waals surface area contributed by atoms with Gasteiger partial charge in [0.1, 0.15) is 0 Å². The Morgan fingerprint density at radius 1 is 0.950 bits per heavy atom. The van der Waals surface area contributed by atoms with Crippen LogP contribution < -0.4 is 0 Å². The molecule has 103 valence electrons. The summed E-state index contributed by atoms with van der Waals surface area (Å²) >= 11 is 0. The third-order valence-electron chi connectivity index (χ3n) is 3.98. The van der Waals surface area contributed by atoms with Crippen LogP contribution in [0.15, 0.2) is 48.5 Å². The molecule has 0 amide bonds. The summed E-state index contributed by atoms with van der Waals surface area (Å²) in [6.07, 6.45) is 0. The number of rotatable bonds is 3. The molecule has 0 saturated carbocycles. The molecule has 0 bridgehead atoms. The molecule has 2 aromatic carbocycles. The minimum atomic E-state index is 1.06. The van der Waals surface area contributed by atoms with Crippen molar-refractivity contribution < 1.29 is 0 Å². The Morgan fingerprint density at radius 3 is 2.45 bits per heavy atom. The summed E-state index contributed by atoms with van der Waals surface area (Å²) in [6, 6.07) is 20.2. The van der Waals surface area contributed by atoms with Crippen molar-refractivity contribution in [1.29, 1.82) is 0 Å². The maximum atomic E-state index is 3.07. The van der Waals surface area contributed by atoms with Crippen molar-refractivity contribution in [2.24, 2.45) is 0 Å². The van der Waals surface area contributed by atoms with E-state index in [1.165, 1.54) is 42.9 Å². The van der Waals surface area contributed by atoms with E-state index in [4.69, 9.17) is 0 Å². The summed E-state index contributed by atoms with van der Waals surface area (Å²) in [5.74, 6) is 0. The van der Waals surface area contributed by atoms with E-state index in [1.807, 2.05) is 12.1 Å². The number of hydrogen-bond acceptors (Lipinski definition) is 2. The molecule has 0 aliphatic carbocycles. The highest BCUT2D eigenvalue weighted by atomic mass is 15.2. The molecule has 1 radical (unpaired) electrons. The summed E-state index contributed by atoms with van der Waals surface area (Å²) in [6.45, 7) is 5.74. The fourth-order valence-corrected chi connectivity index (χ4v) is 2.69. The number of nitrogens with zero attached hydrogens (tertiary/aromatic N) is 2. The van der Waals surface area contributed by atoms with Crippen molar-refractivity contribution in [1.82, 2.24) is 9.80 Å². The third-order valence-corrected chi connectivity index (χ3v) is 3.98. The van der Waals surface area contributed by atoms with Crippen LogP contribution in [0.2, 0.25) is 0 Å². The van der Waals surface area contributed by atoms with E-state index in [9.17, 15) is 0 Å². The molecule has 2 heteroatoms. The van der Waals surface area contributed by atoms with E-state index in [1.54, 1.807) is 0 Å². The van der Waals surface area contributed by atoms with Gasteiger partial charge in [-0.2, -0.15) is 0 Å². The lowest BCUT2D eigenvalue weighted by Crippen LogP contribution is -2.43. The second-order valence-electron chi connectivity index (χ2n) is 5.57. The second kappa shape index (κ2) is 6.21. The minimum absolute atomic E-state index is 1.06. The Bertz CT molecular complexity index is 542. The van der Waals surface area contributed by atoms with Crippen LogP contribution in [0.25, 0.3) is 11.1 Å². The van der Waals surface area contributed by atoms with Crippen molar-refractivity contribution in [3.63, 3.8) is 0 Å². The molecule has 20 heavy (non-hydrogen) atoms. The molecule has 0 spiro atoms. The smallest absolute Gasteiger partial charge is 0.0235 e. The van der Waals surface area contributed by atoms with E-state index < -0.39 is 0 Å². The Morgan fingerprint density at radius 2 is 1.70 bits per heavy atom. The average molecular weight is 265 g/mol. The van der Waals surface area contributed by atoms with Crippen molar-refractivity contribution in [3.8, 4) is 11.1 Å². The van der Waals surface area contributed by atoms with Gasteiger partial charge < -0.3 is 4.90 Å². The summed E-state index contributed by atoms with van der Waals surface area (Å²) in [7, 11) is 2.20. The van der Waals surface area contributed by atoms with E-state index in [0.717, 1.165) is 6.54 Å². The highest BCUT2D eigenvalue weighted by Crippen LogP contribution is 2.20. The quantitative estimate of drug-likeness (QED) is 0.842. The molecular formula is C18H21N2. The highest BCUT2D eigenvalue weighted by Gasteiger charge is 2.13. The molecule has 0 atom stereocenters. The van der Waals surface area contributed by atoms with E-state index in [2.05, 4.69) is 59.3 Å². The predicted octanol–water partition coefficient (Wildman–Crippen LogP) is 2.90. The zero-order valence-corrected chi connectivity index (χ0v) is 12.0. The fourth-order valence-electron chi connectivity index (χ4n) is 2.69. The lowest BCUT2D eigenvalue weighted by Gasteiger charge is -2.32. The van der Waals surface area contributed by atoms with Crippen LogP contribution in [0.1, 0.15) is 5.56 Å². The number of piperazine rings is 1. The second-order valence-corrected chi connectivity index (χ2v) is 5.57. The van der Waals surface area contributed by atoms with E-state index in [0.29, 0.717) is 0 Å². The SMILES string of the molecule is CN1CCN(Cc2cccc(-c3cc[c]cc3)c2)CC1. The maximum Gasteiger partial charge on any atom is 0.0235 e. The third kappa shape index (κ3) is 3.27. The Labute approximate surface area is 121 Å².